The number of ketones is 1. The third-order valence-electron chi connectivity index (χ3n) is 3.04. The third-order valence-corrected chi connectivity index (χ3v) is 3.53. The number of esters is 1. The number of ether oxygens (including phenoxy) is 1. The summed E-state index contributed by atoms with van der Waals surface area (Å²) in [6.07, 6.45) is -5.30. The Labute approximate surface area is 131 Å². The van der Waals surface area contributed by atoms with Gasteiger partial charge in [-0.15, -0.1) is 11.6 Å². The average molecular weight is 337 g/mol. The number of Topliss-reactive ketones (excluding diaryl/α,β-unsaturated/α-hetero) is 1. The van der Waals surface area contributed by atoms with Crippen LogP contribution in [0.15, 0.2) is 30.3 Å². The number of hydrogen-bond acceptors (Lipinski definition) is 3. The van der Waals surface area contributed by atoms with Crippen molar-refractivity contribution >= 4 is 23.4 Å². The van der Waals surface area contributed by atoms with Crippen molar-refractivity contribution < 1.29 is 27.5 Å². The number of benzene rings is 1. The summed E-state index contributed by atoms with van der Waals surface area (Å²) >= 11 is 5.53. The van der Waals surface area contributed by atoms with Crippen LogP contribution in [0, 0.1) is 5.92 Å². The fraction of sp³-hybridized carbons (Fsp3) is 0.467. The lowest BCUT2D eigenvalue weighted by Gasteiger charge is -2.20. The van der Waals surface area contributed by atoms with Crippen molar-refractivity contribution in [1.29, 1.82) is 0 Å². The molecule has 0 amide bonds. The molecule has 1 aromatic carbocycles. The van der Waals surface area contributed by atoms with Gasteiger partial charge in [0.2, 0.25) is 0 Å². The van der Waals surface area contributed by atoms with Gasteiger partial charge in [-0.05, 0) is 18.9 Å². The van der Waals surface area contributed by atoms with Crippen LogP contribution in [0.5, 0.6) is 0 Å². The summed E-state index contributed by atoms with van der Waals surface area (Å²) in [5.74, 6) is -4.42. The molecule has 122 valence electrons. The molecule has 1 aromatic rings. The van der Waals surface area contributed by atoms with Crippen LogP contribution in [0.1, 0.15) is 18.9 Å². The number of rotatable bonds is 7. The number of carbonyl (C=O) groups excluding carboxylic acids is 2. The van der Waals surface area contributed by atoms with E-state index in [2.05, 4.69) is 4.74 Å². The molecule has 1 rings (SSSR count). The molecule has 0 spiro atoms. The van der Waals surface area contributed by atoms with Gasteiger partial charge in [0.15, 0.2) is 5.92 Å². The van der Waals surface area contributed by atoms with E-state index >= 15 is 0 Å². The van der Waals surface area contributed by atoms with Crippen LogP contribution in [0.2, 0.25) is 0 Å². The Hall–Kier alpha value is -1.56. The number of carbonyl (C=O) groups is 2. The van der Waals surface area contributed by atoms with Gasteiger partial charge in [0.05, 0.1) is 12.0 Å². The largest absolute Gasteiger partial charge is 0.465 e. The van der Waals surface area contributed by atoms with E-state index in [1.54, 1.807) is 30.3 Å². The zero-order valence-electron chi connectivity index (χ0n) is 11.9. The monoisotopic (exact) mass is 336 g/mol. The van der Waals surface area contributed by atoms with E-state index in [0.717, 1.165) is 12.5 Å². The van der Waals surface area contributed by atoms with Crippen LogP contribution < -0.4 is 0 Å². The third kappa shape index (κ3) is 6.05. The standard InChI is InChI=1S/C15H16ClF3O3/c1-10(20)13(16)9-12(15(17,18)19)14(21)22-8-7-11-5-3-2-4-6-11/h2-6,12-13H,7-9H2,1H3. The van der Waals surface area contributed by atoms with Gasteiger partial charge in [0.25, 0.3) is 0 Å². The van der Waals surface area contributed by atoms with Crippen LogP contribution in [0.25, 0.3) is 0 Å². The Kier molecular flexibility index (Phi) is 6.87. The van der Waals surface area contributed by atoms with E-state index in [0.29, 0.717) is 6.42 Å². The molecule has 0 aliphatic rings. The van der Waals surface area contributed by atoms with Gasteiger partial charge in [-0.25, -0.2) is 0 Å². The van der Waals surface area contributed by atoms with E-state index in [-0.39, 0.29) is 6.61 Å². The van der Waals surface area contributed by atoms with Crippen molar-refractivity contribution in [3.8, 4) is 0 Å². The summed E-state index contributed by atoms with van der Waals surface area (Å²) in [4.78, 5) is 22.6. The lowest BCUT2D eigenvalue weighted by molar-refractivity contribution is -0.198. The van der Waals surface area contributed by atoms with Crippen LogP contribution in [0.3, 0.4) is 0 Å². The number of hydrogen-bond donors (Lipinski definition) is 0. The zero-order valence-corrected chi connectivity index (χ0v) is 12.7. The summed E-state index contributed by atoms with van der Waals surface area (Å²) in [6.45, 7) is 0.911. The predicted molar refractivity (Wildman–Crippen MR) is 75.6 cm³/mol. The van der Waals surface area contributed by atoms with Crippen LogP contribution in [-0.4, -0.2) is 29.9 Å². The highest BCUT2D eigenvalue weighted by molar-refractivity contribution is 6.30. The van der Waals surface area contributed by atoms with Crippen molar-refractivity contribution in [1.82, 2.24) is 0 Å². The first kappa shape index (κ1) is 18.5. The maximum Gasteiger partial charge on any atom is 0.402 e. The summed E-state index contributed by atoms with van der Waals surface area (Å²) < 4.78 is 43.3. The first-order valence-electron chi connectivity index (χ1n) is 6.63. The SMILES string of the molecule is CC(=O)C(Cl)CC(C(=O)OCCc1ccccc1)C(F)(F)F. The highest BCUT2D eigenvalue weighted by Gasteiger charge is 2.47. The molecule has 0 saturated heterocycles. The van der Waals surface area contributed by atoms with Gasteiger partial charge >= 0.3 is 12.1 Å². The Balaban J connectivity index is 2.59. The maximum atomic E-state index is 12.9. The highest BCUT2D eigenvalue weighted by atomic mass is 35.5. The van der Waals surface area contributed by atoms with Crippen LogP contribution >= 0.6 is 11.6 Å². The van der Waals surface area contributed by atoms with Crippen LogP contribution in [-0.2, 0) is 20.7 Å². The van der Waals surface area contributed by atoms with Crippen molar-refractivity contribution in [3.05, 3.63) is 35.9 Å². The first-order chi connectivity index (χ1) is 10.2. The number of halogens is 4. The minimum Gasteiger partial charge on any atom is -0.465 e. The minimum atomic E-state index is -4.80. The average Bonchev–Trinajstić information content (AvgIpc) is 2.44. The zero-order chi connectivity index (χ0) is 16.8. The molecule has 3 nitrogen and oxygen atoms in total. The fourth-order valence-electron chi connectivity index (χ4n) is 1.75. The highest BCUT2D eigenvalue weighted by Crippen LogP contribution is 2.32. The molecule has 0 aromatic heterocycles. The molecular weight excluding hydrogens is 321 g/mol. The molecule has 0 fully saturated rings. The molecule has 2 atom stereocenters. The van der Waals surface area contributed by atoms with Gasteiger partial charge in [0, 0.05) is 6.42 Å². The van der Waals surface area contributed by atoms with Gasteiger partial charge < -0.3 is 4.74 Å². The molecule has 7 heteroatoms. The molecule has 0 aliphatic carbocycles. The molecule has 2 unspecified atom stereocenters. The molecule has 0 heterocycles. The second-order valence-electron chi connectivity index (χ2n) is 4.81. The second-order valence-corrected chi connectivity index (χ2v) is 5.34. The lowest BCUT2D eigenvalue weighted by atomic mass is 10.0. The molecule has 0 bridgehead atoms. The minimum absolute atomic E-state index is 0.164. The van der Waals surface area contributed by atoms with Crippen molar-refractivity contribution in [3.63, 3.8) is 0 Å². The van der Waals surface area contributed by atoms with Gasteiger partial charge in [-0.1, -0.05) is 30.3 Å². The second kappa shape index (κ2) is 8.17. The summed E-state index contributed by atoms with van der Waals surface area (Å²) in [7, 11) is 0. The van der Waals surface area contributed by atoms with Crippen molar-refractivity contribution in [2.45, 2.75) is 31.3 Å². The number of alkyl halides is 4. The van der Waals surface area contributed by atoms with E-state index in [1.807, 2.05) is 0 Å². The van der Waals surface area contributed by atoms with E-state index in [1.165, 1.54) is 0 Å². The molecule has 22 heavy (non-hydrogen) atoms. The summed E-state index contributed by atoms with van der Waals surface area (Å²) in [5, 5.41) is -1.37. The normalized spacial score (nSPS) is 14.2. The van der Waals surface area contributed by atoms with Gasteiger partial charge in [-0.3, -0.25) is 9.59 Å². The smallest absolute Gasteiger partial charge is 0.402 e. The van der Waals surface area contributed by atoms with E-state index in [4.69, 9.17) is 11.6 Å². The molecule has 0 saturated carbocycles. The Morgan fingerprint density at radius 3 is 2.32 bits per heavy atom. The Morgan fingerprint density at radius 1 is 1.23 bits per heavy atom. The molecular formula is C15H16ClF3O3. The Bertz CT molecular complexity index is 503. The summed E-state index contributed by atoms with van der Waals surface area (Å²) in [6, 6.07) is 8.91. The Morgan fingerprint density at radius 2 is 1.82 bits per heavy atom. The quantitative estimate of drug-likeness (QED) is 0.565. The van der Waals surface area contributed by atoms with E-state index in [9.17, 15) is 22.8 Å². The van der Waals surface area contributed by atoms with Gasteiger partial charge in [-0.2, -0.15) is 13.2 Å². The van der Waals surface area contributed by atoms with Crippen LogP contribution in [0.4, 0.5) is 13.2 Å². The molecule has 0 N–H and O–H groups in total. The molecule has 0 radical (unpaired) electrons. The van der Waals surface area contributed by atoms with Gasteiger partial charge in [0.1, 0.15) is 5.78 Å². The maximum absolute atomic E-state index is 12.9. The lowest BCUT2D eigenvalue weighted by Crippen LogP contribution is -2.35. The predicted octanol–water partition coefficient (Wildman–Crippen LogP) is 3.54. The van der Waals surface area contributed by atoms with Crippen molar-refractivity contribution in [2.24, 2.45) is 5.92 Å². The van der Waals surface area contributed by atoms with Crippen molar-refractivity contribution in [2.75, 3.05) is 6.61 Å². The summed E-state index contributed by atoms with van der Waals surface area (Å²) in [5.41, 5.74) is 0.845. The molecule has 0 aliphatic heterocycles. The first-order valence-corrected chi connectivity index (χ1v) is 7.07. The topological polar surface area (TPSA) is 43.4 Å². The fourth-order valence-corrected chi connectivity index (χ4v) is 1.93. The van der Waals surface area contributed by atoms with E-state index < -0.39 is 35.6 Å².